The van der Waals surface area contributed by atoms with E-state index in [0.29, 0.717) is 10.2 Å². The molecule has 0 rings (SSSR count). The van der Waals surface area contributed by atoms with Gasteiger partial charge in [0.15, 0.2) is 0 Å². The molecule has 4 heteroatoms. The van der Waals surface area contributed by atoms with Crippen molar-refractivity contribution < 1.29 is 0 Å². The van der Waals surface area contributed by atoms with Crippen molar-refractivity contribution in [2.24, 2.45) is 4.40 Å². The molecule has 0 saturated carbocycles. The molecule has 0 unspecified atom stereocenters. The highest BCUT2D eigenvalue weighted by Crippen LogP contribution is 2.04. The van der Waals surface area contributed by atoms with Gasteiger partial charge in [0.25, 0.3) is 0 Å². The highest BCUT2D eigenvalue weighted by molar-refractivity contribution is 8.12. The number of halogens is 1. The first kappa shape index (κ1) is 7.98. The van der Waals surface area contributed by atoms with Crippen molar-refractivity contribution in [2.45, 2.75) is 13.8 Å². The smallest absolute Gasteiger partial charge is 0.111 e. The van der Waals surface area contributed by atoms with Crippen LogP contribution in [0.15, 0.2) is 4.40 Å². The van der Waals surface area contributed by atoms with Crippen molar-refractivity contribution in [3.05, 3.63) is 0 Å². The average Bonchev–Trinajstić information content (AvgIpc) is 1.61. The molecule has 1 N–H and O–H groups in total. The molecule has 0 radical (unpaired) electrons. The third-order valence-corrected chi connectivity index (χ3v) is 1.13. The lowest BCUT2D eigenvalue weighted by molar-refractivity contribution is 1.53. The molecule has 0 aromatic carbocycles. The van der Waals surface area contributed by atoms with Gasteiger partial charge in [-0.2, -0.15) is 0 Å². The molecule has 0 aromatic heterocycles. The van der Waals surface area contributed by atoms with Crippen LogP contribution in [0.1, 0.15) is 13.8 Å². The Morgan fingerprint density at radius 1 is 1.62 bits per heavy atom. The van der Waals surface area contributed by atoms with Crippen LogP contribution >= 0.6 is 23.5 Å². The molecule has 0 amide bonds. The zero-order chi connectivity index (χ0) is 6.57. The molecule has 0 bridgehead atoms. The molecule has 0 aliphatic rings. The van der Waals surface area contributed by atoms with Crippen molar-refractivity contribution >= 4 is 33.8 Å². The van der Waals surface area contributed by atoms with E-state index < -0.39 is 0 Å². The summed E-state index contributed by atoms with van der Waals surface area (Å²) in [6.07, 6.45) is 0. The molecule has 0 saturated heterocycles. The Kier molecular flexibility index (Phi) is 3.91. The third-order valence-electron chi connectivity index (χ3n) is 0.308. The summed E-state index contributed by atoms with van der Waals surface area (Å²) in [5.41, 5.74) is 0. The summed E-state index contributed by atoms with van der Waals surface area (Å²) in [6, 6.07) is 0. The molecule has 0 spiro atoms. The number of hydrogen-bond donors (Lipinski definition) is 1. The van der Waals surface area contributed by atoms with Gasteiger partial charge < -0.3 is 0 Å². The van der Waals surface area contributed by atoms with Gasteiger partial charge in [-0.05, 0) is 13.8 Å². The Bertz CT molecular complexity index is 117. The highest BCUT2D eigenvalue weighted by Gasteiger charge is 1.84. The van der Waals surface area contributed by atoms with E-state index in [1.54, 1.807) is 13.8 Å². The van der Waals surface area contributed by atoms with E-state index in [1.807, 2.05) is 0 Å². The summed E-state index contributed by atoms with van der Waals surface area (Å²) >= 11 is 6.43. The number of nitrogens with zero attached hydrogens (tertiary/aromatic N) is 1. The Labute approximate surface area is 58.0 Å². The molecule has 0 heterocycles. The van der Waals surface area contributed by atoms with Gasteiger partial charge in [0.2, 0.25) is 0 Å². The Hall–Kier alpha value is -0.0200. The van der Waals surface area contributed by atoms with Gasteiger partial charge in [-0.3, -0.25) is 5.41 Å². The van der Waals surface area contributed by atoms with Gasteiger partial charge in [0, 0.05) is 11.9 Å². The molecule has 46 valence electrons. The first-order valence-electron chi connectivity index (χ1n) is 2.05. The van der Waals surface area contributed by atoms with Gasteiger partial charge in [0.1, 0.15) is 5.17 Å². The fraction of sp³-hybridized carbons (Fsp3) is 0.500. The van der Waals surface area contributed by atoms with Crippen molar-refractivity contribution in [1.82, 2.24) is 0 Å². The van der Waals surface area contributed by atoms with Gasteiger partial charge in [0.05, 0.1) is 5.04 Å². The van der Waals surface area contributed by atoms with Crippen LogP contribution in [0.5, 0.6) is 0 Å². The predicted octanol–water partition coefficient (Wildman–Crippen LogP) is 2.29. The van der Waals surface area contributed by atoms with Crippen molar-refractivity contribution in [3.63, 3.8) is 0 Å². The Morgan fingerprint density at radius 2 is 2.12 bits per heavy atom. The van der Waals surface area contributed by atoms with E-state index in [-0.39, 0.29) is 0 Å². The third kappa shape index (κ3) is 5.98. The SMILES string of the molecule is CC(=N)SN=C(C)Cl. The van der Waals surface area contributed by atoms with E-state index in [1.165, 1.54) is 0 Å². The van der Waals surface area contributed by atoms with E-state index in [2.05, 4.69) is 4.40 Å². The second-order valence-electron chi connectivity index (χ2n) is 1.24. The van der Waals surface area contributed by atoms with E-state index in [4.69, 9.17) is 17.0 Å². The minimum Gasteiger partial charge on any atom is -0.297 e. The van der Waals surface area contributed by atoms with Crippen LogP contribution in [-0.4, -0.2) is 10.2 Å². The van der Waals surface area contributed by atoms with E-state index in [0.717, 1.165) is 11.9 Å². The van der Waals surface area contributed by atoms with Gasteiger partial charge in [-0.1, -0.05) is 11.6 Å². The fourth-order valence-electron chi connectivity index (χ4n) is 0.131. The molecule has 0 aromatic rings. The average molecular weight is 151 g/mol. The first-order valence-corrected chi connectivity index (χ1v) is 3.20. The maximum Gasteiger partial charge on any atom is 0.111 e. The molecule has 0 fully saturated rings. The van der Waals surface area contributed by atoms with Crippen LogP contribution in [0.3, 0.4) is 0 Å². The van der Waals surface area contributed by atoms with Gasteiger partial charge in [-0.25, -0.2) is 4.40 Å². The normalized spacial score (nSPS) is 11.6. The zero-order valence-corrected chi connectivity index (χ0v) is 6.31. The van der Waals surface area contributed by atoms with Gasteiger partial charge >= 0.3 is 0 Å². The van der Waals surface area contributed by atoms with Gasteiger partial charge in [-0.15, -0.1) is 0 Å². The van der Waals surface area contributed by atoms with E-state index >= 15 is 0 Å². The zero-order valence-electron chi connectivity index (χ0n) is 4.73. The van der Waals surface area contributed by atoms with Crippen LogP contribution in [0.25, 0.3) is 0 Å². The first-order chi connectivity index (χ1) is 3.63. The number of rotatable bonds is 1. The molecular formula is C4H7ClN2S. The Balaban J connectivity index is 3.45. The maximum absolute atomic E-state index is 6.88. The molecule has 0 aliphatic heterocycles. The number of hydrogen-bond acceptors (Lipinski definition) is 3. The van der Waals surface area contributed by atoms with Crippen LogP contribution < -0.4 is 0 Å². The Morgan fingerprint density at radius 3 is 2.25 bits per heavy atom. The fourth-order valence-corrected chi connectivity index (χ4v) is 0.498. The van der Waals surface area contributed by atoms with Crippen LogP contribution in [0.2, 0.25) is 0 Å². The number of nitrogens with one attached hydrogen (secondary N) is 1. The summed E-state index contributed by atoms with van der Waals surface area (Å²) < 4.78 is 3.70. The van der Waals surface area contributed by atoms with Crippen molar-refractivity contribution in [2.75, 3.05) is 0 Å². The standard InChI is InChI=1S/C4H7ClN2S/c1-3(5)7-8-4(2)6/h6H,1-2H3. The monoisotopic (exact) mass is 150 g/mol. The lowest BCUT2D eigenvalue weighted by atomic mass is 10.9. The lowest BCUT2D eigenvalue weighted by Gasteiger charge is -1.85. The van der Waals surface area contributed by atoms with Crippen molar-refractivity contribution in [1.29, 1.82) is 5.41 Å². The van der Waals surface area contributed by atoms with E-state index in [9.17, 15) is 0 Å². The molecule has 0 atom stereocenters. The largest absolute Gasteiger partial charge is 0.297 e. The summed E-state index contributed by atoms with van der Waals surface area (Å²) in [6.45, 7) is 3.34. The second-order valence-corrected chi connectivity index (χ2v) is 2.76. The molecule has 0 aliphatic carbocycles. The molecule has 2 nitrogen and oxygen atoms in total. The lowest BCUT2D eigenvalue weighted by Crippen LogP contribution is -1.76. The van der Waals surface area contributed by atoms with Crippen LogP contribution in [0, 0.1) is 5.41 Å². The molecule has 8 heavy (non-hydrogen) atoms. The summed E-state index contributed by atoms with van der Waals surface area (Å²) in [5, 5.41) is 7.81. The van der Waals surface area contributed by atoms with Crippen LogP contribution in [0.4, 0.5) is 0 Å². The quantitative estimate of drug-likeness (QED) is 0.348. The second kappa shape index (κ2) is 3.92. The summed E-state index contributed by atoms with van der Waals surface area (Å²) in [4.78, 5) is 0. The van der Waals surface area contributed by atoms with Crippen molar-refractivity contribution in [3.8, 4) is 0 Å². The predicted molar refractivity (Wildman–Crippen MR) is 40.0 cm³/mol. The minimum atomic E-state index is 0.449. The van der Waals surface area contributed by atoms with Crippen LogP contribution in [-0.2, 0) is 0 Å². The molecular weight excluding hydrogens is 144 g/mol. The minimum absolute atomic E-state index is 0.449. The summed E-state index contributed by atoms with van der Waals surface area (Å²) in [7, 11) is 0. The summed E-state index contributed by atoms with van der Waals surface area (Å²) in [5.74, 6) is 0. The highest BCUT2D eigenvalue weighted by atomic mass is 35.5. The topological polar surface area (TPSA) is 36.2 Å². The maximum atomic E-state index is 6.88.